The Morgan fingerprint density at radius 1 is 1.53 bits per heavy atom. The Kier molecular flexibility index (Phi) is 4.81. The average molecular weight is 283 g/mol. The Labute approximate surface area is 117 Å². The first-order valence-electron chi connectivity index (χ1n) is 6.65. The van der Waals surface area contributed by atoms with Crippen LogP contribution in [-0.2, 0) is 11.3 Å². The molecule has 1 aromatic rings. The van der Waals surface area contributed by atoms with E-state index in [-0.39, 0.29) is 11.9 Å². The van der Waals surface area contributed by atoms with Gasteiger partial charge >= 0.3 is 0 Å². The van der Waals surface area contributed by atoms with Gasteiger partial charge in [0.25, 0.3) is 0 Å². The number of carbonyl (C=O) groups is 1. The molecule has 0 bridgehead atoms. The minimum atomic E-state index is 0.0597. The van der Waals surface area contributed by atoms with Crippen molar-refractivity contribution in [3.63, 3.8) is 0 Å². The summed E-state index contributed by atoms with van der Waals surface area (Å²) in [6.07, 6.45) is 2.49. The second-order valence-electron chi connectivity index (χ2n) is 5.10. The second kappa shape index (κ2) is 6.38. The van der Waals surface area contributed by atoms with Crippen LogP contribution in [0.25, 0.3) is 0 Å². The summed E-state index contributed by atoms with van der Waals surface area (Å²) in [5.74, 6) is 1.90. The molecule has 0 radical (unpaired) electrons. The Morgan fingerprint density at radius 2 is 2.26 bits per heavy atom. The molecule has 1 heterocycles. The number of hydrogen-bond donors (Lipinski definition) is 2. The van der Waals surface area contributed by atoms with Crippen molar-refractivity contribution in [2.75, 3.05) is 12.3 Å². The van der Waals surface area contributed by atoms with Crippen LogP contribution in [0.5, 0.6) is 0 Å². The van der Waals surface area contributed by atoms with Crippen LogP contribution in [0, 0.1) is 5.92 Å². The maximum Gasteiger partial charge on any atom is 0.230 e. The van der Waals surface area contributed by atoms with Gasteiger partial charge in [-0.15, -0.1) is 10.2 Å². The first-order chi connectivity index (χ1) is 9.11. The Bertz CT molecular complexity index is 441. The van der Waals surface area contributed by atoms with Gasteiger partial charge < -0.3 is 15.6 Å². The van der Waals surface area contributed by atoms with Gasteiger partial charge in [-0.2, -0.15) is 0 Å². The molecular formula is C12H21N5OS. The van der Waals surface area contributed by atoms with Gasteiger partial charge in [-0.1, -0.05) is 11.8 Å². The molecule has 1 aliphatic rings. The van der Waals surface area contributed by atoms with Crippen molar-refractivity contribution in [3.05, 3.63) is 5.82 Å². The van der Waals surface area contributed by atoms with Gasteiger partial charge in [-0.05, 0) is 32.6 Å². The predicted molar refractivity (Wildman–Crippen MR) is 74.8 cm³/mol. The van der Waals surface area contributed by atoms with E-state index in [2.05, 4.69) is 29.4 Å². The zero-order valence-electron chi connectivity index (χ0n) is 11.4. The van der Waals surface area contributed by atoms with Crippen LogP contribution in [0.2, 0.25) is 0 Å². The monoisotopic (exact) mass is 283 g/mol. The summed E-state index contributed by atoms with van der Waals surface area (Å²) in [7, 11) is 0. The number of aromatic nitrogens is 3. The minimum absolute atomic E-state index is 0.0597. The summed E-state index contributed by atoms with van der Waals surface area (Å²) in [5.41, 5.74) is 5.63. The molecule has 7 heteroatoms. The van der Waals surface area contributed by atoms with Crippen LogP contribution in [-0.4, -0.2) is 33.0 Å². The highest BCUT2D eigenvalue weighted by atomic mass is 32.2. The number of nitrogens with two attached hydrogens (primary N) is 1. The minimum Gasteiger partial charge on any atom is -0.355 e. The molecule has 0 saturated heterocycles. The van der Waals surface area contributed by atoms with E-state index in [1.54, 1.807) is 0 Å². The van der Waals surface area contributed by atoms with Crippen LogP contribution in [0.3, 0.4) is 0 Å². The smallest absolute Gasteiger partial charge is 0.230 e. The molecule has 2 rings (SSSR count). The molecule has 3 N–H and O–H groups in total. The van der Waals surface area contributed by atoms with E-state index in [1.807, 2.05) is 4.57 Å². The molecule has 1 saturated carbocycles. The molecule has 1 aliphatic carbocycles. The lowest BCUT2D eigenvalue weighted by Gasteiger charge is -2.12. The van der Waals surface area contributed by atoms with Gasteiger partial charge in [0.2, 0.25) is 5.91 Å². The topological polar surface area (TPSA) is 85.8 Å². The van der Waals surface area contributed by atoms with E-state index in [4.69, 9.17) is 5.73 Å². The van der Waals surface area contributed by atoms with Crippen LogP contribution in [0.4, 0.5) is 0 Å². The zero-order chi connectivity index (χ0) is 13.8. The number of hydrogen-bond acceptors (Lipinski definition) is 5. The van der Waals surface area contributed by atoms with Crippen LogP contribution in [0.1, 0.15) is 38.6 Å². The van der Waals surface area contributed by atoms with Gasteiger partial charge in [0, 0.05) is 12.6 Å². The number of nitrogens with zero attached hydrogens (tertiary/aromatic N) is 3. The predicted octanol–water partition coefficient (Wildman–Crippen LogP) is 0.936. The maximum atomic E-state index is 11.7. The highest BCUT2D eigenvalue weighted by Crippen LogP contribution is 2.27. The SMILES string of the molecule is CC(C)n1c(CN)nnc1SCC(=O)NCC1CC1. The van der Waals surface area contributed by atoms with Crippen molar-refractivity contribution in [3.8, 4) is 0 Å². The number of rotatable bonds is 7. The van der Waals surface area contributed by atoms with E-state index < -0.39 is 0 Å². The second-order valence-corrected chi connectivity index (χ2v) is 6.05. The van der Waals surface area contributed by atoms with Gasteiger partial charge in [-0.3, -0.25) is 4.79 Å². The number of thioether (sulfide) groups is 1. The van der Waals surface area contributed by atoms with E-state index in [9.17, 15) is 4.79 Å². The first kappa shape index (κ1) is 14.3. The zero-order valence-corrected chi connectivity index (χ0v) is 12.2. The molecule has 6 nitrogen and oxygen atoms in total. The third kappa shape index (κ3) is 3.94. The van der Waals surface area contributed by atoms with E-state index >= 15 is 0 Å². The summed E-state index contributed by atoms with van der Waals surface area (Å²) in [6.45, 7) is 5.28. The summed E-state index contributed by atoms with van der Waals surface area (Å²) in [6, 6.07) is 0.241. The number of carbonyl (C=O) groups excluding carboxylic acids is 1. The molecule has 0 unspecified atom stereocenters. The molecule has 106 valence electrons. The fourth-order valence-corrected chi connectivity index (χ4v) is 2.74. The molecule has 1 fully saturated rings. The molecule has 19 heavy (non-hydrogen) atoms. The largest absolute Gasteiger partial charge is 0.355 e. The van der Waals surface area contributed by atoms with Crippen molar-refractivity contribution < 1.29 is 4.79 Å². The highest BCUT2D eigenvalue weighted by Gasteiger charge is 2.22. The summed E-state index contributed by atoms with van der Waals surface area (Å²) in [5, 5.41) is 11.9. The normalized spacial score (nSPS) is 14.9. The van der Waals surface area contributed by atoms with Crippen molar-refractivity contribution in [1.29, 1.82) is 0 Å². The number of nitrogens with one attached hydrogen (secondary N) is 1. The summed E-state index contributed by atoms with van der Waals surface area (Å²) in [4.78, 5) is 11.7. The Balaban J connectivity index is 1.87. The Morgan fingerprint density at radius 3 is 2.84 bits per heavy atom. The molecule has 1 amide bonds. The third-order valence-electron chi connectivity index (χ3n) is 3.05. The maximum absolute atomic E-state index is 11.7. The van der Waals surface area contributed by atoms with E-state index in [0.29, 0.717) is 18.2 Å². The number of amides is 1. The molecule has 0 aromatic carbocycles. The lowest BCUT2D eigenvalue weighted by atomic mass is 10.4. The third-order valence-corrected chi connectivity index (χ3v) is 3.99. The molecule has 0 spiro atoms. The van der Waals surface area contributed by atoms with Crippen molar-refractivity contribution >= 4 is 17.7 Å². The van der Waals surface area contributed by atoms with Crippen LogP contribution >= 0.6 is 11.8 Å². The molecular weight excluding hydrogens is 262 g/mol. The van der Waals surface area contributed by atoms with Gasteiger partial charge in [0.05, 0.1) is 12.3 Å². The van der Waals surface area contributed by atoms with E-state index in [1.165, 1.54) is 24.6 Å². The van der Waals surface area contributed by atoms with Crippen molar-refractivity contribution in [2.24, 2.45) is 11.7 Å². The Hall–Kier alpha value is -1.08. The fourth-order valence-electron chi connectivity index (χ4n) is 1.83. The van der Waals surface area contributed by atoms with Crippen molar-refractivity contribution in [2.45, 2.75) is 44.4 Å². The van der Waals surface area contributed by atoms with Crippen LogP contribution < -0.4 is 11.1 Å². The molecule has 1 aromatic heterocycles. The standard InChI is InChI=1S/C12H21N5OS/c1-8(2)17-10(5-13)15-16-12(17)19-7-11(18)14-6-9-3-4-9/h8-9H,3-7,13H2,1-2H3,(H,14,18). The molecule has 0 aliphatic heterocycles. The van der Waals surface area contributed by atoms with E-state index in [0.717, 1.165) is 17.5 Å². The lowest BCUT2D eigenvalue weighted by Crippen LogP contribution is -2.27. The van der Waals surface area contributed by atoms with Crippen molar-refractivity contribution in [1.82, 2.24) is 20.1 Å². The summed E-state index contributed by atoms with van der Waals surface area (Å²) >= 11 is 1.41. The fraction of sp³-hybridized carbons (Fsp3) is 0.750. The van der Waals surface area contributed by atoms with Gasteiger partial charge in [0.15, 0.2) is 5.16 Å². The highest BCUT2D eigenvalue weighted by molar-refractivity contribution is 7.99. The average Bonchev–Trinajstić information content (AvgIpc) is 3.11. The van der Waals surface area contributed by atoms with Gasteiger partial charge in [0.1, 0.15) is 5.82 Å². The molecule has 0 atom stereocenters. The van der Waals surface area contributed by atoms with Crippen LogP contribution in [0.15, 0.2) is 5.16 Å². The van der Waals surface area contributed by atoms with Gasteiger partial charge in [-0.25, -0.2) is 0 Å². The first-order valence-corrected chi connectivity index (χ1v) is 7.63. The lowest BCUT2D eigenvalue weighted by molar-refractivity contribution is -0.118. The quantitative estimate of drug-likeness (QED) is 0.727. The summed E-state index contributed by atoms with van der Waals surface area (Å²) < 4.78 is 1.98.